The Hall–Kier alpha value is -3.65. The normalized spacial score (nSPS) is 19.0. The van der Waals surface area contributed by atoms with E-state index in [1.165, 1.54) is 39.8 Å². The molecule has 2 aliphatic rings. The van der Waals surface area contributed by atoms with Crippen molar-refractivity contribution in [3.05, 3.63) is 88.7 Å². The zero-order valence-corrected chi connectivity index (χ0v) is 20.4. The fraction of sp³-hybridized carbons (Fsp3) is 0.222. The minimum absolute atomic E-state index is 0.0676. The number of nitrogens with one attached hydrogen (secondary N) is 1. The topological polar surface area (TPSA) is 69.7 Å². The van der Waals surface area contributed by atoms with Crippen molar-refractivity contribution in [3.63, 3.8) is 0 Å². The third-order valence-corrected chi connectivity index (χ3v) is 7.73. The van der Waals surface area contributed by atoms with Gasteiger partial charge >= 0.3 is 0 Å². The van der Waals surface area contributed by atoms with E-state index in [2.05, 4.69) is 5.32 Å². The van der Waals surface area contributed by atoms with E-state index >= 15 is 0 Å². The van der Waals surface area contributed by atoms with Crippen LogP contribution in [0.4, 0.5) is 21.5 Å². The molecule has 178 valence electrons. The van der Waals surface area contributed by atoms with Crippen molar-refractivity contribution in [2.24, 2.45) is 0 Å². The summed E-state index contributed by atoms with van der Waals surface area (Å²) >= 11 is 1.20. The van der Waals surface area contributed by atoms with E-state index in [1.54, 1.807) is 12.1 Å². The number of hydrogen-bond donors (Lipinski definition) is 1. The Labute approximate surface area is 207 Å². The molecule has 1 saturated heterocycles. The largest absolute Gasteiger partial charge is 0.324 e. The molecule has 0 aliphatic carbocycles. The van der Waals surface area contributed by atoms with Crippen LogP contribution in [-0.4, -0.2) is 30.0 Å². The molecule has 2 heterocycles. The maximum atomic E-state index is 14.1. The van der Waals surface area contributed by atoms with Gasteiger partial charge in [0.1, 0.15) is 12.4 Å². The average molecular weight is 490 g/mol. The number of carbonyl (C=O) groups is 3. The molecule has 5 rings (SSSR count). The van der Waals surface area contributed by atoms with Gasteiger partial charge in [0.25, 0.3) is 5.91 Å². The summed E-state index contributed by atoms with van der Waals surface area (Å²) in [4.78, 5) is 41.6. The monoisotopic (exact) mass is 489 g/mol. The molecule has 8 heteroatoms. The van der Waals surface area contributed by atoms with Gasteiger partial charge in [-0.15, -0.1) is 11.8 Å². The Kier molecular flexibility index (Phi) is 5.63. The van der Waals surface area contributed by atoms with E-state index < -0.39 is 16.6 Å². The van der Waals surface area contributed by atoms with Crippen LogP contribution in [0.25, 0.3) is 0 Å². The number of rotatable bonds is 4. The molecular formula is C27H24FN3O3S. The average Bonchev–Trinajstić information content (AvgIpc) is 3.27. The van der Waals surface area contributed by atoms with Gasteiger partial charge < -0.3 is 5.32 Å². The lowest BCUT2D eigenvalue weighted by Gasteiger charge is -2.33. The van der Waals surface area contributed by atoms with Crippen LogP contribution in [0.3, 0.4) is 0 Å². The Morgan fingerprint density at radius 3 is 2.54 bits per heavy atom. The van der Waals surface area contributed by atoms with E-state index in [0.717, 1.165) is 16.7 Å². The molecular weight excluding hydrogens is 465 g/mol. The molecule has 1 fully saturated rings. The fourth-order valence-corrected chi connectivity index (χ4v) is 6.04. The Morgan fingerprint density at radius 2 is 1.77 bits per heavy atom. The fourth-order valence-electron chi connectivity index (χ4n) is 4.69. The third-order valence-electron chi connectivity index (χ3n) is 6.35. The van der Waals surface area contributed by atoms with Gasteiger partial charge in [-0.25, -0.2) is 4.39 Å². The summed E-state index contributed by atoms with van der Waals surface area (Å²) in [5, 5.41) is 2.91. The van der Waals surface area contributed by atoms with Gasteiger partial charge in [-0.2, -0.15) is 0 Å². The Balaban J connectivity index is 1.55. The lowest BCUT2D eigenvalue weighted by atomic mass is 10.0. The van der Waals surface area contributed by atoms with E-state index in [-0.39, 0.29) is 24.1 Å². The molecule has 1 atom stereocenters. The van der Waals surface area contributed by atoms with E-state index in [4.69, 9.17) is 0 Å². The van der Waals surface area contributed by atoms with Crippen molar-refractivity contribution in [2.45, 2.75) is 25.6 Å². The van der Waals surface area contributed by atoms with Crippen LogP contribution in [0.15, 0.2) is 60.7 Å². The van der Waals surface area contributed by atoms with Crippen LogP contribution in [0, 0.1) is 26.6 Å². The van der Waals surface area contributed by atoms with Gasteiger partial charge in [0.15, 0.2) is 0 Å². The maximum absolute atomic E-state index is 14.1. The summed E-state index contributed by atoms with van der Waals surface area (Å²) in [5.41, 5.74) is 5.03. The summed E-state index contributed by atoms with van der Waals surface area (Å²) in [7, 11) is 0. The van der Waals surface area contributed by atoms with Crippen LogP contribution in [0.2, 0.25) is 0 Å². The van der Waals surface area contributed by atoms with Gasteiger partial charge in [-0.05, 0) is 62.2 Å². The number of carbonyl (C=O) groups excluding carboxylic acids is 3. The Morgan fingerprint density at radius 1 is 1.03 bits per heavy atom. The standard InChI is InChI=1S/C27H24FN3O3S/c1-16-8-10-23-21(11-16)27(31(25(33)15-35-27)20-6-4-5-19(28)13-20)26(34)30(23)14-24(32)29-22-12-17(2)7-9-18(22)3/h4-13H,14-15H2,1-3H3,(H,29,32). The first-order valence-corrected chi connectivity index (χ1v) is 12.2. The molecule has 0 bridgehead atoms. The van der Waals surface area contributed by atoms with Gasteiger partial charge in [0, 0.05) is 16.9 Å². The number of halogens is 1. The minimum atomic E-state index is -1.40. The van der Waals surface area contributed by atoms with E-state index in [9.17, 15) is 18.8 Å². The van der Waals surface area contributed by atoms with Crippen molar-refractivity contribution in [1.29, 1.82) is 0 Å². The van der Waals surface area contributed by atoms with Gasteiger partial charge in [0.05, 0.1) is 11.4 Å². The second-order valence-electron chi connectivity index (χ2n) is 8.92. The van der Waals surface area contributed by atoms with Gasteiger partial charge in [0.2, 0.25) is 16.7 Å². The molecule has 6 nitrogen and oxygen atoms in total. The van der Waals surface area contributed by atoms with Crippen LogP contribution in [0.5, 0.6) is 0 Å². The summed E-state index contributed by atoms with van der Waals surface area (Å²) in [6.45, 7) is 5.54. The lowest BCUT2D eigenvalue weighted by Crippen LogP contribution is -2.51. The number of anilines is 3. The number of fused-ring (bicyclic) bond motifs is 2. The molecule has 3 amide bonds. The number of benzene rings is 3. The SMILES string of the molecule is Cc1ccc(C)c(NC(=O)CN2C(=O)C3(SCC(=O)N3c3cccc(F)c3)c3cc(C)ccc32)c1. The summed E-state index contributed by atoms with van der Waals surface area (Å²) in [5.74, 6) is -1.46. The number of amides is 3. The maximum Gasteiger partial charge on any atom is 0.269 e. The van der Waals surface area contributed by atoms with E-state index in [1.807, 2.05) is 51.1 Å². The summed E-state index contributed by atoms with van der Waals surface area (Å²) in [6, 6.07) is 17.0. The first-order chi connectivity index (χ1) is 16.7. The summed E-state index contributed by atoms with van der Waals surface area (Å²) < 4.78 is 14.1. The molecule has 35 heavy (non-hydrogen) atoms. The molecule has 1 spiro atoms. The second-order valence-corrected chi connectivity index (χ2v) is 10.1. The third kappa shape index (κ3) is 3.78. The van der Waals surface area contributed by atoms with Crippen molar-refractivity contribution < 1.29 is 18.8 Å². The smallest absolute Gasteiger partial charge is 0.269 e. The first kappa shape index (κ1) is 23.1. The number of thioether (sulfide) groups is 1. The van der Waals surface area contributed by atoms with Crippen LogP contribution < -0.4 is 15.1 Å². The van der Waals surface area contributed by atoms with Crippen molar-refractivity contribution >= 4 is 46.5 Å². The number of nitrogens with zero attached hydrogens (tertiary/aromatic N) is 2. The predicted octanol–water partition coefficient (Wildman–Crippen LogP) is 4.67. The van der Waals surface area contributed by atoms with Crippen LogP contribution in [0.1, 0.15) is 22.3 Å². The van der Waals surface area contributed by atoms with Crippen molar-refractivity contribution in [3.8, 4) is 0 Å². The van der Waals surface area contributed by atoms with Crippen LogP contribution >= 0.6 is 11.8 Å². The predicted molar refractivity (Wildman–Crippen MR) is 136 cm³/mol. The highest BCUT2D eigenvalue weighted by Crippen LogP contribution is 2.55. The van der Waals surface area contributed by atoms with Crippen molar-refractivity contribution in [1.82, 2.24) is 0 Å². The highest BCUT2D eigenvalue weighted by Gasteiger charge is 2.61. The van der Waals surface area contributed by atoms with Crippen LogP contribution in [-0.2, 0) is 19.3 Å². The van der Waals surface area contributed by atoms with E-state index in [0.29, 0.717) is 22.6 Å². The zero-order chi connectivity index (χ0) is 24.9. The highest BCUT2D eigenvalue weighted by molar-refractivity contribution is 8.02. The molecule has 2 aliphatic heterocycles. The zero-order valence-electron chi connectivity index (χ0n) is 19.6. The quantitative estimate of drug-likeness (QED) is 0.578. The molecule has 1 N–H and O–H groups in total. The second kappa shape index (κ2) is 8.53. The summed E-state index contributed by atoms with van der Waals surface area (Å²) in [6.07, 6.45) is 0. The molecule has 1 unspecified atom stereocenters. The first-order valence-electron chi connectivity index (χ1n) is 11.2. The lowest BCUT2D eigenvalue weighted by molar-refractivity contribution is -0.124. The highest BCUT2D eigenvalue weighted by atomic mass is 32.2. The van der Waals surface area contributed by atoms with Crippen molar-refractivity contribution in [2.75, 3.05) is 27.4 Å². The Bertz CT molecular complexity index is 1390. The molecule has 3 aromatic carbocycles. The van der Waals surface area contributed by atoms with Gasteiger partial charge in [-0.3, -0.25) is 24.2 Å². The molecule has 3 aromatic rings. The number of hydrogen-bond acceptors (Lipinski definition) is 4. The molecule has 0 aromatic heterocycles. The van der Waals surface area contributed by atoms with Gasteiger partial charge in [-0.1, -0.05) is 35.9 Å². The minimum Gasteiger partial charge on any atom is -0.324 e. The molecule has 0 saturated carbocycles. The number of aryl methyl sites for hydroxylation is 3. The molecule has 0 radical (unpaired) electrons.